The lowest BCUT2D eigenvalue weighted by atomic mass is 9.93. The van der Waals surface area contributed by atoms with Crippen molar-refractivity contribution >= 4 is 20.0 Å². The van der Waals surface area contributed by atoms with Crippen LogP contribution in [0.15, 0.2) is 54.6 Å². The fourth-order valence-corrected chi connectivity index (χ4v) is 6.03. The second-order valence-electron chi connectivity index (χ2n) is 13.3. The quantitative estimate of drug-likeness (QED) is 0.137. The van der Waals surface area contributed by atoms with E-state index in [0.717, 1.165) is 29.2 Å². The zero-order valence-corrected chi connectivity index (χ0v) is 28.1. The maximum atomic E-state index is 13.2. The van der Waals surface area contributed by atoms with Gasteiger partial charge in [-0.05, 0) is 95.7 Å². The monoisotopic (exact) mass is 610 g/mol. The van der Waals surface area contributed by atoms with Crippen LogP contribution in [-0.4, -0.2) is 61.9 Å². The molecule has 1 unspecified atom stereocenters. The lowest BCUT2D eigenvalue weighted by Crippen LogP contribution is -2.37. The number of aliphatic hydroxyl groups excluding tert-OH is 1. The van der Waals surface area contributed by atoms with Gasteiger partial charge in [0.15, 0.2) is 5.79 Å². The van der Waals surface area contributed by atoms with Gasteiger partial charge in [-0.3, -0.25) is 0 Å². The molecule has 3 rings (SSSR count). The Labute approximate surface area is 258 Å². The molecule has 0 aliphatic carbocycles. The van der Waals surface area contributed by atoms with E-state index in [9.17, 15) is 14.7 Å². The highest BCUT2D eigenvalue weighted by molar-refractivity contribution is 6.76. The Morgan fingerprint density at radius 1 is 1.07 bits per heavy atom. The van der Waals surface area contributed by atoms with Gasteiger partial charge >= 0.3 is 11.9 Å². The third-order valence-corrected chi connectivity index (χ3v) is 9.09. The molecule has 1 aliphatic rings. The Hall–Kier alpha value is -2.78. The molecule has 4 atom stereocenters. The zero-order chi connectivity index (χ0) is 31.8. The molecule has 1 heterocycles. The number of hydrogen-bond acceptors (Lipinski definition) is 7. The number of rotatable bonds is 14. The second-order valence-corrected chi connectivity index (χ2v) is 19.0. The zero-order valence-electron chi connectivity index (χ0n) is 27.1. The Bertz CT molecular complexity index is 1250. The predicted molar refractivity (Wildman–Crippen MR) is 172 cm³/mol. The summed E-state index contributed by atoms with van der Waals surface area (Å²) < 4.78 is 24.3. The number of aryl methyl sites for hydroxylation is 3. The van der Waals surface area contributed by atoms with Crippen LogP contribution < -0.4 is 0 Å². The summed E-state index contributed by atoms with van der Waals surface area (Å²) in [6.07, 6.45) is 3.93. The first-order valence-corrected chi connectivity index (χ1v) is 19.1. The van der Waals surface area contributed by atoms with E-state index in [1.54, 1.807) is 37.3 Å². The highest BCUT2D eigenvalue weighted by Crippen LogP contribution is 2.35. The van der Waals surface area contributed by atoms with Gasteiger partial charge in [0.2, 0.25) is 0 Å². The van der Waals surface area contributed by atoms with Gasteiger partial charge in [-0.15, -0.1) is 0 Å². The number of carbonyl (C=O) groups excluding carboxylic acids is 2. The molecule has 0 aromatic heterocycles. The largest absolute Gasteiger partial charge is 0.462 e. The summed E-state index contributed by atoms with van der Waals surface area (Å²) in [7, 11) is -1.32. The van der Waals surface area contributed by atoms with Gasteiger partial charge in [0.25, 0.3) is 0 Å². The highest BCUT2D eigenvalue weighted by Gasteiger charge is 2.45. The third kappa shape index (κ3) is 11.0. The number of esters is 2. The van der Waals surface area contributed by atoms with Crippen LogP contribution in [0.2, 0.25) is 25.7 Å². The van der Waals surface area contributed by atoms with E-state index >= 15 is 0 Å². The number of hydrogen-bond donors (Lipinski definition) is 1. The van der Waals surface area contributed by atoms with Crippen molar-refractivity contribution in [1.29, 1.82) is 0 Å². The van der Waals surface area contributed by atoms with Gasteiger partial charge in [-0.25, -0.2) is 9.59 Å². The molecule has 0 radical (unpaired) electrons. The summed E-state index contributed by atoms with van der Waals surface area (Å²) in [5.41, 5.74) is 4.09. The Morgan fingerprint density at radius 3 is 2.42 bits per heavy atom. The second kappa shape index (κ2) is 15.3. The van der Waals surface area contributed by atoms with E-state index in [1.165, 1.54) is 0 Å². The number of carbonyl (C=O) groups is 2. The van der Waals surface area contributed by atoms with Crippen molar-refractivity contribution < 1.29 is 33.6 Å². The van der Waals surface area contributed by atoms with Crippen molar-refractivity contribution in [1.82, 2.24) is 0 Å². The summed E-state index contributed by atoms with van der Waals surface area (Å²) in [4.78, 5) is 26.2. The summed E-state index contributed by atoms with van der Waals surface area (Å²) in [6, 6.07) is 13.9. The summed E-state index contributed by atoms with van der Waals surface area (Å²) in [6.45, 7) is 16.7. The molecule has 0 spiro atoms. The van der Waals surface area contributed by atoms with Crippen LogP contribution >= 0.6 is 0 Å². The molecule has 2 aromatic carbocycles. The minimum Gasteiger partial charge on any atom is -0.462 e. The van der Waals surface area contributed by atoms with Crippen LogP contribution in [0.4, 0.5) is 0 Å². The molecule has 1 N–H and O–H groups in total. The van der Waals surface area contributed by atoms with Crippen LogP contribution in [-0.2, 0) is 25.4 Å². The Balaban J connectivity index is 1.76. The number of aliphatic hydroxyl groups is 1. The molecule has 43 heavy (non-hydrogen) atoms. The van der Waals surface area contributed by atoms with Crippen molar-refractivity contribution in [3.05, 3.63) is 82.4 Å². The average Bonchev–Trinajstić information content (AvgIpc) is 3.21. The first kappa shape index (κ1) is 34.7. The van der Waals surface area contributed by atoms with Gasteiger partial charge in [0.05, 0.1) is 29.9 Å². The Kier molecular flexibility index (Phi) is 12.3. The van der Waals surface area contributed by atoms with Gasteiger partial charge in [-0.2, -0.15) is 0 Å². The normalized spacial score (nSPS) is 19.7. The van der Waals surface area contributed by atoms with Gasteiger partial charge in [0, 0.05) is 8.07 Å². The van der Waals surface area contributed by atoms with Crippen molar-refractivity contribution in [3.8, 4) is 0 Å². The molecule has 1 aliphatic heterocycles. The standard InChI is InChI=1S/C35H50O7Si/c1-24-22-25(2)31(34(38)39-20-21-43(6,7)8)28(23-24)17-13-19-30-32(42-35(4,5)41-30)29(18-12-14-26(3)36)40-33(37)27-15-10-9-11-16-27/h9-12,15-16,18,22-23,26,29-30,32,36H,13-14,17,19-21H2,1-8H3/b18-12-/t26-,29?,30-,32+/m0/s1. The van der Waals surface area contributed by atoms with E-state index in [4.69, 9.17) is 18.9 Å². The molecule has 1 fully saturated rings. The summed E-state index contributed by atoms with van der Waals surface area (Å²) in [5.74, 6) is -1.58. The van der Waals surface area contributed by atoms with Crippen LogP contribution in [0.25, 0.3) is 0 Å². The van der Waals surface area contributed by atoms with E-state index in [0.29, 0.717) is 37.0 Å². The molecule has 0 bridgehead atoms. The van der Waals surface area contributed by atoms with Gasteiger partial charge < -0.3 is 24.1 Å². The molecule has 2 aromatic rings. The topological polar surface area (TPSA) is 91.3 Å². The predicted octanol–water partition coefficient (Wildman–Crippen LogP) is 7.19. The van der Waals surface area contributed by atoms with E-state index in [-0.39, 0.29) is 12.1 Å². The van der Waals surface area contributed by atoms with Crippen molar-refractivity contribution in [2.75, 3.05) is 6.61 Å². The highest BCUT2D eigenvalue weighted by atomic mass is 28.3. The first-order valence-electron chi connectivity index (χ1n) is 15.4. The summed E-state index contributed by atoms with van der Waals surface area (Å²) >= 11 is 0. The van der Waals surface area contributed by atoms with Crippen molar-refractivity contribution in [2.45, 2.75) is 116 Å². The summed E-state index contributed by atoms with van der Waals surface area (Å²) in [5, 5.41) is 9.79. The smallest absolute Gasteiger partial charge is 0.338 e. The van der Waals surface area contributed by atoms with Crippen molar-refractivity contribution in [2.24, 2.45) is 0 Å². The van der Waals surface area contributed by atoms with E-state index < -0.39 is 38.1 Å². The lowest BCUT2D eigenvalue weighted by Gasteiger charge is -2.25. The average molecular weight is 611 g/mol. The van der Waals surface area contributed by atoms with Crippen LogP contribution in [0, 0.1) is 13.8 Å². The molecule has 1 saturated heterocycles. The third-order valence-electron chi connectivity index (χ3n) is 7.39. The fraction of sp³-hybridized carbons (Fsp3) is 0.543. The van der Waals surface area contributed by atoms with Gasteiger partial charge in [0.1, 0.15) is 12.2 Å². The van der Waals surface area contributed by atoms with Crippen LogP contribution in [0.5, 0.6) is 0 Å². The van der Waals surface area contributed by atoms with E-state index in [2.05, 4.69) is 25.7 Å². The minimum absolute atomic E-state index is 0.263. The fourth-order valence-electron chi connectivity index (χ4n) is 5.32. The molecular weight excluding hydrogens is 560 g/mol. The maximum absolute atomic E-state index is 13.2. The first-order chi connectivity index (χ1) is 20.1. The number of ether oxygens (including phenoxy) is 4. The van der Waals surface area contributed by atoms with E-state index in [1.807, 2.05) is 45.9 Å². The maximum Gasteiger partial charge on any atom is 0.338 e. The SMILES string of the molecule is Cc1cc(C)c(C(=O)OCC[Si](C)(C)C)c(CCC[C@@H]2OC(C)(C)O[C@@H]2C(/C=C\C[C@H](C)O)OC(=O)c2ccccc2)c1. The number of benzene rings is 2. The van der Waals surface area contributed by atoms with Crippen LogP contribution in [0.3, 0.4) is 0 Å². The van der Waals surface area contributed by atoms with Gasteiger partial charge in [-0.1, -0.05) is 61.6 Å². The molecule has 0 amide bonds. The van der Waals surface area contributed by atoms with Crippen molar-refractivity contribution in [3.63, 3.8) is 0 Å². The molecule has 0 saturated carbocycles. The molecular formula is C35H50O7Si. The molecule has 8 heteroatoms. The van der Waals surface area contributed by atoms with Crippen LogP contribution in [0.1, 0.15) is 77.4 Å². The Morgan fingerprint density at radius 2 is 1.77 bits per heavy atom. The molecule has 236 valence electrons. The minimum atomic E-state index is -1.32. The molecule has 7 nitrogen and oxygen atoms in total. The lowest BCUT2D eigenvalue weighted by molar-refractivity contribution is -0.153.